The molecule has 3 aliphatic rings. The molecule has 22 nitrogen and oxygen atoms in total. The van der Waals surface area contributed by atoms with Crippen LogP contribution in [-0.4, -0.2) is 150 Å². The number of pyridine rings is 3. The van der Waals surface area contributed by atoms with Crippen molar-refractivity contribution in [3.05, 3.63) is 325 Å². The fraction of sp³-hybridized carbons (Fsp3) is 0.291. The smallest absolute Gasteiger partial charge is 0.491 e. The first-order chi connectivity index (χ1) is 61.7. The van der Waals surface area contributed by atoms with Crippen LogP contribution in [0.25, 0.3) is 22.3 Å². The summed E-state index contributed by atoms with van der Waals surface area (Å²) < 4.78 is 45.5. The summed E-state index contributed by atoms with van der Waals surface area (Å²) >= 11 is 21.5. The van der Waals surface area contributed by atoms with Gasteiger partial charge in [0.05, 0.1) is 62.7 Å². The topological polar surface area (TPSA) is 280 Å². The number of aromatic nitrogens is 3. The number of carboxylic acid groups (broad SMARTS) is 2. The van der Waals surface area contributed by atoms with E-state index in [4.69, 9.17) is 103 Å². The van der Waals surface area contributed by atoms with E-state index in [1.54, 1.807) is 61.1 Å². The summed E-state index contributed by atoms with van der Waals surface area (Å²) in [6.45, 7) is 15.6. The van der Waals surface area contributed by atoms with Crippen molar-refractivity contribution in [3.63, 3.8) is 0 Å². The van der Waals surface area contributed by atoms with Gasteiger partial charge in [-0.25, -0.2) is 24.5 Å². The number of rotatable bonds is 18. The van der Waals surface area contributed by atoms with Gasteiger partial charge in [0.15, 0.2) is 34.5 Å². The molecule has 710 valence electrons. The van der Waals surface area contributed by atoms with Crippen molar-refractivity contribution < 1.29 is 97.8 Å². The first-order valence-electron chi connectivity index (χ1n) is 41.7. The molecule has 3 unspecified atom stereocenters. The Morgan fingerprint density at radius 3 is 1.07 bits per heavy atom. The first kappa shape index (κ1) is 113. The quantitative estimate of drug-likeness (QED) is 0.0303. The van der Waals surface area contributed by atoms with Crippen LogP contribution in [0.2, 0.25) is 15.5 Å². The second kappa shape index (κ2) is 55.3. The number of hydrogen-bond acceptors (Lipinski definition) is 18. The Kier molecular flexibility index (Phi) is 46.9. The number of benzene rings is 9. The Morgan fingerprint density at radius 1 is 0.444 bits per heavy atom. The molecular formula is C103H120BBrCl4N6O16PPd+. The summed E-state index contributed by atoms with van der Waals surface area (Å²) in [4.78, 5) is 59.8. The number of halogens is 5. The van der Waals surface area contributed by atoms with Gasteiger partial charge in [-0.05, 0) is 263 Å². The van der Waals surface area contributed by atoms with E-state index < -0.39 is 38.2 Å². The molecule has 0 bridgehead atoms. The van der Waals surface area contributed by atoms with Crippen LogP contribution < -0.4 is 55.1 Å². The Labute approximate surface area is 827 Å². The Morgan fingerprint density at radius 2 is 0.752 bits per heavy atom. The van der Waals surface area contributed by atoms with Gasteiger partial charge in [-0.2, -0.15) is 0 Å². The molecule has 2 amide bonds. The third kappa shape index (κ3) is 33.8. The molecule has 30 heteroatoms. The minimum absolute atomic E-state index is 0. The molecule has 0 spiro atoms. The molecule has 3 aromatic heterocycles. The number of methoxy groups -OCH3 is 6. The standard InChI is InChI=1S/C28H31ClN2O4.C23H28BrNO4.C23H23ClN2O2.C18H15P.C5H5BClNO2.2C2H4O2.2CH4.ClH.Pd/c1-28(2,3)35-27(32)31-14-12-20-16-24(33-4)25(34-5)17-22(20)23(31)15-18-8-10-19(11-9-18)21-7-6-13-30-26(21)29;1-23(2,3)29-22(26)25-11-10-16-13-20(27-4)21(28-5)14-18(16)19(25)12-15-6-8-17(24)9-7-15;1-27-21-13-17-9-11-25-20(19(17)14-22(21)28-2)12-15-5-7-16(8-6-15)18-4-3-10-26-23(18)24;1-4-10-16(11-5-1)19(17-12-6-2-7-13-17)18-14-8-3-9-15-18;7-5-4(6(9)10)2-1-3-8-5;2*1-2(3)4;;;;/h6-11,13,16-17,23H,12,14-15H2,1-5H3;6-9,13-14,19H,10-12H2,1-5H3;3-8,10,13-14,20,25H,9,11-12H2,1-2H3;1-15H;1-3,9-10H;2*1H3,(H,3,4);2*1H4;1H;/p+1. The maximum atomic E-state index is 13.2. The fourth-order valence-corrected chi connectivity index (χ4v) is 18.3. The van der Waals surface area contributed by atoms with E-state index in [0.29, 0.717) is 65.7 Å². The van der Waals surface area contributed by atoms with Crippen molar-refractivity contribution in [1.82, 2.24) is 30.1 Å². The SMILES string of the molecule is C.C.CC(=O)O.CC(=O)O.COc1cc2c(cc1OC)C(Cc1ccc(-c3cccnc3Cl)cc1)N(C(=O)OC(C)(C)C)CC2.COc1cc2c(cc1OC)C(Cc1ccc(-c3cccnc3Cl)cc1)NCC2.COc1cc2c(cc1OC)C(Cc1ccc(Br)cc1)N(C(=O)OC(C)(C)C)CC2.Cl.OB(O)c1cccnc1Cl.[Pd].c1ccc([PH+](c2ccccc2)c2ccccc2)cc1. The maximum absolute atomic E-state index is 13.2. The summed E-state index contributed by atoms with van der Waals surface area (Å²) in [5.41, 5.74) is 13.5. The minimum Gasteiger partial charge on any atom is -0.493 e. The predicted octanol–water partition coefficient (Wildman–Crippen LogP) is 21.4. The van der Waals surface area contributed by atoms with E-state index in [9.17, 15) is 9.59 Å². The second-order valence-corrected chi connectivity index (χ2v) is 36.4. The number of hydrogen-bond donors (Lipinski definition) is 5. The molecule has 12 aromatic rings. The number of ether oxygens (including phenoxy) is 8. The van der Waals surface area contributed by atoms with Gasteiger partial charge >= 0.3 is 19.3 Å². The van der Waals surface area contributed by atoms with Gasteiger partial charge in [0, 0.05) is 93.1 Å². The number of amides is 2. The van der Waals surface area contributed by atoms with E-state index in [-0.39, 0.29) is 88.6 Å². The van der Waals surface area contributed by atoms with Crippen LogP contribution in [0.15, 0.2) is 260 Å². The second-order valence-electron chi connectivity index (χ2n) is 31.9. The predicted molar refractivity (Wildman–Crippen MR) is 539 cm³/mol. The molecule has 0 saturated carbocycles. The number of carbonyl (C=O) groups excluding carboxylic acids is 2. The first-order valence-corrected chi connectivity index (χ1v) is 45.2. The van der Waals surface area contributed by atoms with E-state index >= 15 is 0 Å². The molecule has 3 aliphatic heterocycles. The van der Waals surface area contributed by atoms with Gasteiger partial charge < -0.3 is 73.3 Å². The van der Waals surface area contributed by atoms with Crippen molar-refractivity contribution in [2.24, 2.45) is 0 Å². The minimum atomic E-state index is -1.54. The van der Waals surface area contributed by atoms with E-state index in [0.717, 1.165) is 106 Å². The van der Waals surface area contributed by atoms with Crippen LogP contribution in [0.1, 0.15) is 138 Å². The van der Waals surface area contributed by atoms with Crippen molar-refractivity contribution in [2.45, 2.75) is 138 Å². The monoisotopic (exact) mass is 2060 g/mol. The summed E-state index contributed by atoms with van der Waals surface area (Å²) in [6, 6.07) is 80.4. The number of carboxylic acids is 2. The summed E-state index contributed by atoms with van der Waals surface area (Å²) in [7, 11) is 7.46. The molecule has 3 atom stereocenters. The van der Waals surface area contributed by atoms with Crippen LogP contribution in [0.3, 0.4) is 0 Å². The molecule has 5 N–H and O–H groups in total. The number of aliphatic carboxylic acids is 2. The largest absolute Gasteiger partial charge is 0.493 e. The van der Waals surface area contributed by atoms with Crippen LogP contribution in [-0.2, 0) is 78.0 Å². The van der Waals surface area contributed by atoms with Gasteiger partial charge in [-0.15, -0.1) is 12.4 Å². The Hall–Kier alpha value is -10.6. The van der Waals surface area contributed by atoms with Crippen molar-refractivity contribution >= 4 is 124 Å². The van der Waals surface area contributed by atoms with Crippen LogP contribution in [0, 0.1) is 0 Å². The van der Waals surface area contributed by atoms with Crippen molar-refractivity contribution in [2.75, 3.05) is 62.3 Å². The third-order valence-electron chi connectivity index (χ3n) is 20.6. The van der Waals surface area contributed by atoms with Crippen molar-refractivity contribution in [3.8, 4) is 56.8 Å². The maximum Gasteiger partial charge on any atom is 0.491 e. The molecule has 6 heterocycles. The molecule has 0 saturated heterocycles. The third-order valence-corrected chi connectivity index (χ3v) is 24.8. The zero-order valence-electron chi connectivity index (χ0n) is 75.6. The molecule has 0 fully saturated rings. The number of nitrogens with zero attached hydrogens (tertiary/aromatic N) is 5. The van der Waals surface area contributed by atoms with E-state index in [1.165, 1.54) is 50.4 Å². The van der Waals surface area contributed by atoms with E-state index in [1.807, 2.05) is 124 Å². The van der Waals surface area contributed by atoms with Gasteiger partial charge in [0.2, 0.25) is 0 Å². The molecule has 133 heavy (non-hydrogen) atoms. The van der Waals surface area contributed by atoms with Gasteiger partial charge in [-0.3, -0.25) is 9.59 Å². The normalized spacial score (nSPS) is 13.5. The average molecular weight is 2070 g/mol. The van der Waals surface area contributed by atoms with Gasteiger partial charge in [-0.1, -0.05) is 187 Å². The number of fused-ring (bicyclic) bond motifs is 3. The Bertz CT molecular complexity index is 5540. The van der Waals surface area contributed by atoms with Crippen LogP contribution in [0.5, 0.6) is 34.5 Å². The molecule has 0 aliphatic carbocycles. The summed E-state index contributed by atoms with van der Waals surface area (Å²) in [5, 5.41) is 41.2. The molecule has 0 radical (unpaired) electrons. The molecular weight excluding hydrogens is 1950 g/mol. The zero-order chi connectivity index (χ0) is 93.5. The summed E-state index contributed by atoms with van der Waals surface area (Å²) in [6.07, 6.45) is 8.92. The van der Waals surface area contributed by atoms with Gasteiger partial charge in [0.25, 0.3) is 11.9 Å². The van der Waals surface area contributed by atoms with Gasteiger partial charge in [0.1, 0.15) is 42.6 Å². The number of nitrogens with one attached hydrogen (secondary N) is 1. The van der Waals surface area contributed by atoms with Crippen molar-refractivity contribution in [1.29, 1.82) is 0 Å². The molecule has 15 rings (SSSR count). The average Bonchev–Trinajstić information content (AvgIpc) is 0.775. The fourth-order valence-electron chi connectivity index (χ4n) is 14.8. The zero-order valence-corrected chi connectivity index (χ0v) is 82.8. The number of carbonyl (C=O) groups is 4. The molecule has 9 aromatic carbocycles. The van der Waals surface area contributed by atoms with E-state index in [2.05, 4.69) is 188 Å². The summed E-state index contributed by atoms with van der Waals surface area (Å²) in [5.74, 6) is 2.60. The van der Waals surface area contributed by atoms with Crippen LogP contribution >= 0.6 is 71.1 Å². The van der Waals surface area contributed by atoms with Crippen LogP contribution in [0.4, 0.5) is 9.59 Å². The Balaban J connectivity index is 0.000000295.